The van der Waals surface area contributed by atoms with Gasteiger partial charge >= 0.3 is 0 Å². The average Bonchev–Trinajstić information content (AvgIpc) is 2.78. The highest BCUT2D eigenvalue weighted by molar-refractivity contribution is 4.90. The van der Waals surface area contributed by atoms with Gasteiger partial charge in [-0.05, 0) is 86.4 Å². The zero-order valence-electron chi connectivity index (χ0n) is 20.3. The lowest BCUT2D eigenvalue weighted by Crippen LogP contribution is -2.39. The van der Waals surface area contributed by atoms with Crippen LogP contribution in [0.15, 0.2) is 0 Å². The lowest BCUT2D eigenvalue weighted by Gasteiger charge is -2.46. The van der Waals surface area contributed by atoms with Crippen molar-refractivity contribution in [1.82, 2.24) is 0 Å². The van der Waals surface area contributed by atoms with Gasteiger partial charge in [-0.15, -0.1) is 0 Å². The Balaban J connectivity index is 1.44. The molecule has 0 bridgehead atoms. The molecule has 3 rings (SSSR count). The first-order valence-corrected chi connectivity index (χ1v) is 13.8. The van der Waals surface area contributed by atoms with Crippen LogP contribution < -0.4 is 0 Å². The van der Waals surface area contributed by atoms with E-state index >= 15 is 0 Å². The van der Waals surface area contributed by atoms with Crippen LogP contribution in [0.25, 0.3) is 0 Å². The molecule has 3 fully saturated rings. The van der Waals surface area contributed by atoms with Gasteiger partial charge in [-0.1, -0.05) is 79.1 Å². The van der Waals surface area contributed by atoms with E-state index in [1.54, 1.807) is 0 Å². The van der Waals surface area contributed by atoms with Crippen molar-refractivity contribution < 1.29 is 4.74 Å². The third kappa shape index (κ3) is 6.47. The van der Waals surface area contributed by atoms with E-state index in [1.807, 2.05) is 0 Å². The maximum atomic E-state index is 6.57. The fourth-order valence-corrected chi connectivity index (χ4v) is 7.58. The van der Waals surface area contributed by atoms with Crippen molar-refractivity contribution in [2.75, 3.05) is 6.61 Å². The predicted molar refractivity (Wildman–Crippen MR) is 126 cm³/mol. The van der Waals surface area contributed by atoms with Crippen molar-refractivity contribution in [1.29, 1.82) is 0 Å². The van der Waals surface area contributed by atoms with Crippen molar-refractivity contribution >= 4 is 0 Å². The molecule has 0 aliphatic heterocycles. The minimum Gasteiger partial charge on any atom is -0.378 e. The lowest BCUT2D eigenvalue weighted by molar-refractivity contribution is -0.0458. The zero-order valence-corrected chi connectivity index (χ0v) is 20.3. The molecule has 6 unspecified atom stereocenters. The van der Waals surface area contributed by atoms with Crippen LogP contribution in [0.1, 0.15) is 124 Å². The maximum absolute atomic E-state index is 6.57. The molecule has 1 heteroatoms. The Morgan fingerprint density at radius 3 is 1.79 bits per heavy atom. The monoisotopic (exact) mass is 404 g/mol. The fraction of sp³-hybridized carbons (Fsp3) is 1.00. The van der Waals surface area contributed by atoms with Crippen LogP contribution in [0.2, 0.25) is 0 Å². The van der Waals surface area contributed by atoms with E-state index in [0.29, 0.717) is 6.10 Å². The summed E-state index contributed by atoms with van der Waals surface area (Å²) < 4.78 is 6.57. The van der Waals surface area contributed by atoms with Crippen LogP contribution in [0.3, 0.4) is 0 Å². The number of hydrogen-bond donors (Lipinski definition) is 0. The predicted octanol–water partition coefficient (Wildman–Crippen LogP) is 8.66. The second kappa shape index (κ2) is 12.1. The van der Waals surface area contributed by atoms with E-state index in [2.05, 4.69) is 27.7 Å². The standard InChI is InChI=1S/C28H52O/c1-5-9-22-10-12-23(13-11-22)20-29-26-15-17-28(25(8-4)19-26)27-16-14-21(6-2)18-24(27)7-3/h21-28H,5-20H2,1-4H3. The first kappa shape index (κ1) is 23.6. The topological polar surface area (TPSA) is 9.23 Å². The summed E-state index contributed by atoms with van der Waals surface area (Å²) >= 11 is 0. The van der Waals surface area contributed by atoms with E-state index in [9.17, 15) is 0 Å². The third-order valence-electron chi connectivity index (χ3n) is 9.55. The Kier molecular flexibility index (Phi) is 9.87. The molecular formula is C28H52O. The van der Waals surface area contributed by atoms with Crippen LogP contribution >= 0.6 is 0 Å². The molecule has 6 atom stereocenters. The molecule has 0 spiro atoms. The van der Waals surface area contributed by atoms with Gasteiger partial charge in [-0.25, -0.2) is 0 Å². The molecule has 0 radical (unpaired) electrons. The quantitative estimate of drug-likeness (QED) is 0.373. The molecule has 0 aromatic carbocycles. The van der Waals surface area contributed by atoms with E-state index in [1.165, 1.54) is 96.3 Å². The highest BCUT2D eigenvalue weighted by Gasteiger charge is 2.40. The third-order valence-corrected chi connectivity index (χ3v) is 9.55. The van der Waals surface area contributed by atoms with Crippen LogP contribution in [0.4, 0.5) is 0 Å². The molecule has 3 aliphatic carbocycles. The Morgan fingerprint density at radius 2 is 1.17 bits per heavy atom. The number of ether oxygens (including phenoxy) is 1. The summed E-state index contributed by atoms with van der Waals surface area (Å²) in [5.41, 5.74) is 0. The number of rotatable bonds is 9. The van der Waals surface area contributed by atoms with Gasteiger partial charge in [-0.3, -0.25) is 0 Å². The molecule has 0 aromatic rings. The molecule has 29 heavy (non-hydrogen) atoms. The summed E-state index contributed by atoms with van der Waals surface area (Å²) in [5, 5.41) is 0. The van der Waals surface area contributed by atoms with E-state index < -0.39 is 0 Å². The van der Waals surface area contributed by atoms with Gasteiger partial charge in [0.05, 0.1) is 6.10 Å². The Hall–Kier alpha value is -0.0400. The highest BCUT2D eigenvalue weighted by atomic mass is 16.5. The highest BCUT2D eigenvalue weighted by Crippen LogP contribution is 2.48. The number of hydrogen-bond acceptors (Lipinski definition) is 1. The van der Waals surface area contributed by atoms with Crippen molar-refractivity contribution in [3.05, 3.63) is 0 Å². The van der Waals surface area contributed by atoms with Gasteiger partial charge in [-0.2, -0.15) is 0 Å². The van der Waals surface area contributed by atoms with Crippen LogP contribution in [-0.2, 0) is 4.74 Å². The average molecular weight is 405 g/mol. The Bertz CT molecular complexity index is 438. The van der Waals surface area contributed by atoms with E-state index in [4.69, 9.17) is 4.74 Å². The first-order valence-electron chi connectivity index (χ1n) is 13.8. The van der Waals surface area contributed by atoms with E-state index in [-0.39, 0.29) is 0 Å². The minimum atomic E-state index is 0.566. The second-order valence-electron chi connectivity index (χ2n) is 11.2. The van der Waals surface area contributed by atoms with Gasteiger partial charge in [0.1, 0.15) is 0 Å². The smallest absolute Gasteiger partial charge is 0.0578 e. The summed E-state index contributed by atoms with van der Waals surface area (Å²) in [6.45, 7) is 10.7. The summed E-state index contributed by atoms with van der Waals surface area (Å²) in [5.74, 6) is 6.83. The molecule has 0 saturated heterocycles. The maximum Gasteiger partial charge on any atom is 0.0578 e. The molecule has 3 saturated carbocycles. The van der Waals surface area contributed by atoms with Gasteiger partial charge in [0.25, 0.3) is 0 Å². The van der Waals surface area contributed by atoms with Gasteiger partial charge in [0.15, 0.2) is 0 Å². The first-order chi connectivity index (χ1) is 14.2. The molecule has 0 aromatic heterocycles. The molecular weight excluding hydrogens is 352 g/mol. The second-order valence-corrected chi connectivity index (χ2v) is 11.2. The molecule has 0 amide bonds. The van der Waals surface area contributed by atoms with Crippen LogP contribution in [0, 0.1) is 41.4 Å². The van der Waals surface area contributed by atoms with Crippen molar-refractivity contribution in [2.45, 2.75) is 130 Å². The van der Waals surface area contributed by atoms with Gasteiger partial charge in [0.2, 0.25) is 0 Å². The summed E-state index contributed by atoms with van der Waals surface area (Å²) in [6, 6.07) is 0. The Morgan fingerprint density at radius 1 is 0.586 bits per heavy atom. The van der Waals surface area contributed by atoms with Gasteiger partial charge in [0, 0.05) is 6.61 Å². The van der Waals surface area contributed by atoms with Crippen molar-refractivity contribution in [2.24, 2.45) is 41.4 Å². The SMILES string of the molecule is CCCC1CCC(COC2CCC(C3CCC(CC)CC3CC)C(CC)C2)CC1. The molecule has 0 N–H and O–H groups in total. The van der Waals surface area contributed by atoms with Crippen molar-refractivity contribution in [3.63, 3.8) is 0 Å². The fourth-order valence-electron chi connectivity index (χ4n) is 7.58. The Labute approximate surface area is 183 Å². The normalized spacial score (nSPS) is 41.4. The minimum absolute atomic E-state index is 0.566. The van der Waals surface area contributed by atoms with Crippen LogP contribution in [-0.4, -0.2) is 12.7 Å². The molecule has 3 aliphatic rings. The van der Waals surface area contributed by atoms with E-state index in [0.717, 1.165) is 48.0 Å². The van der Waals surface area contributed by atoms with Gasteiger partial charge < -0.3 is 4.74 Å². The summed E-state index contributed by atoms with van der Waals surface area (Å²) in [7, 11) is 0. The zero-order chi connectivity index (χ0) is 20.6. The lowest BCUT2D eigenvalue weighted by atomic mass is 9.60. The summed E-state index contributed by atoms with van der Waals surface area (Å²) in [6.07, 6.45) is 22.0. The van der Waals surface area contributed by atoms with Crippen molar-refractivity contribution in [3.8, 4) is 0 Å². The molecule has 0 heterocycles. The largest absolute Gasteiger partial charge is 0.378 e. The summed E-state index contributed by atoms with van der Waals surface area (Å²) in [4.78, 5) is 0. The molecule has 1 nitrogen and oxygen atoms in total. The van der Waals surface area contributed by atoms with Crippen LogP contribution in [0.5, 0.6) is 0 Å². The molecule has 170 valence electrons.